The standard InChI is InChI=1S/C10H13NO4/c1-7(10(12)13)15-6-8-4-3-5-9(11-8)14-2/h3-5,7H,6H2,1-2H3,(H,12,13)/t7-/m0/s1. The SMILES string of the molecule is COc1cccc(CO[C@@H](C)C(=O)O)n1. The number of carboxylic acids is 1. The van der Waals surface area contributed by atoms with E-state index >= 15 is 0 Å². The van der Waals surface area contributed by atoms with Gasteiger partial charge in [0.15, 0.2) is 6.10 Å². The van der Waals surface area contributed by atoms with Crippen molar-refractivity contribution in [1.29, 1.82) is 0 Å². The maximum Gasteiger partial charge on any atom is 0.332 e. The number of ether oxygens (including phenoxy) is 2. The third-order valence-corrected chi connectivity index (χ3v) is 1.82. The smallest absolute Gasteiger partial charge is 0.332 e. The van der Waals surface area contributed by atoms with Crippen molar-refractivity contribution < 1.29 is 19.4 Å². The lowest BCUT2D eigenvalue weighted by molar-refractivity contribution is -0.149. The number of aromatic nitrogens is 1. The van der Waals surface area contributed by atoms with Crippen LogP contribution in [0.15, 0.2) is 18.2 Å². The molecule has 5 heteroatoms. The number of carboxylic acid groups (broad SMARTS) is 1. The molecule has 1 aromatic heterocycles. The molecule has 5 nitrogen and oxygen atoms in total. The lowest BCUT2D eigenvalue weighted by Gasteiger charge is -2.08. The average Bonchev–Trinajstić information content (AvgIpc) is 2.26. The van der Waals surface area contributed by atoms with Crippen molar-refractivity contribution in [2.45, 2.75) is 19.6 Å². The fraction of sp³-hybridized carbons (Fsp3) is 0.400. The molecule has 0 unspecified atom stereocenters. The van der Waals surface area contributed by atoms with Gasteiger partial charge in [-0.25, -0.2) is 9.78 Å². The van der Waals surface area contributed by atoms with Crippen LogP contribution in [-0.2, 0) is 16.1 Å². The Morgan fingerprint density at radius 2 is 2.33 bits per heavy atom. The van der Waals surface area contributed by atoms with Crippen molar-refractivity contribution in [3.8, 4) is 5.88 Å². The van der Waals surface area contributed by atoms with Crippen LogP contribution in [0.1, 0.15) is 12.6 Å². The summed E-state index contributed by atoms with van der Waals surface area (Å²) in [5, 5.41) is 8.59. The van der Waals surface area contributed by atoms with E-state index in [2.05, 4.69) is 4.98 Å². The summed E-state index contributed by atoms with van der Waals surface area (Å²) in [6.45, 7) is 1.63. The van der Waals surface area contributed by atoms with Gasteiger partial charge in [-0.3, -0.25) is 0 Å². The summed E-state index contributed by atoms with van der Waals surface area (Å²) in [5.74, 6) is -0.503. The second-order valence-electron chi connectivity index (χ2n) is 2.96. The summed E-state index contributed by atoms with van der Waals surface area (Å²) in [6, 6.07) is 5.23. The van der Waals surface area contributed by atoms with Gasteiger partial charge in [-0.15, -0.1) is 0 Å². The monoisotopic (exact) mass is 211 g/mol. The molecule has 0 spiro atoms. The summed E-state index contributed by atoms with van der Waals surface area (Å²) < 4.78 is 10.00. The van der Waals surface area contributed by atoms with Crippen molar-refractivity contribution in [2.24, 2.45) is 0 Å². The average molecular weight is 211 g/mol. The van der Waals surface area contributed by atoms with E-state index in [0.717, 1.165) is 0 Å². The van der Waals surface area contributed by atoms with Gasteiger partial charge in [0.25, 0.3) is 0 Å². The van der Waals surface area contributed by atoms with Crippen LogP contribution in [0.25, 0.3) is 0 Å². The number of aliphatic carboxylic acids is 1. The highest BCUT2D eigenvalue weighted by Gasteiger charge is 2.11. The third-order valence-electron chi connectivity index (χ3n) is 1.82. The number of hydrogen-bond acceptors (Lipinski definition) is 4. The first-order valence-electron chi connectivity index (χ1n) is 4.48. The van der Waals surface area contributed by atoms with Crippen LogP contribution in [0, 0.1) is 0 Å². The van der Waals surface area contributed by atoms with Gasteiger partial charge < -0.3 is 14.6 Å². The minimum atomic E-state index is -0.988. The fourth-order valence-corrected chi connectivity index (χ4v) is 0.933. The van der Waals surface area contributed by atoms with Gasteiger partial charge in [0.1, 0.15) is 0 Å². The Morgan fingerprint density at radius 1 is 1.60 bits per heavy atom. The number of pyridine rings is 1. The largest absolute Gasteiger partial charge is 0.481 e. The van der Waals surface area contributed by atoms with Gasteiger partial charge in [-0.2, -0.15) is 0 Å². The second-order valence-corrected chi connectivity index (χ2v) is 2.96. The van der Waals surface area contributed by atoms with Crippen molar-refractivity contribution in [3.05, 3.63) is 23.9 Å². The van der Waals surface area contributed by atoms with E-state index in [-0.39, 0.29) is 6.61 Å². The number of methoxy groups -OCH3 is 1. The highest BCUT2D eigenvalue weighted by atomic mass is 16.5. The van der Waals surface area contributed by atoms with Gasteiger partial charge in [0.2, 0.25) is 5.88 Å². The predicted molar refractivity (Wildman–Crippen MR) is 52.7 cm³/mol. The summed E-state index contributed by atoms with van der Waals surface area (Å²) in [5.41, 5.74) is 0.641. The Labute approximate surface area is 87.7 Å². The molecule has 82 valence electrons. The van der Waals surface area contributed by atoms with E-state index in [9.17, 15) is 4.79 Å². The zero-order valence-corrected chi connectivity index (χ0v) is 8.64. The molecule has 1 aromatic rings. The first-order chi connectivity index (χ1) is 7.13. The molecule has 0 saturated carbocycles. The molecule has 0 radical (unpaired) electrons. The summed E-state index contributed by atoms with van der Waals surface area (Å²) >= 11 is 0. The minimum absolute atomic E-state index is 0.157. The van der Waals surface area contributed by atoms with Crippen LogP contribution < -0.4 is 4.74 Å². The van der Waals surface area contributed by atoms with Gasteiger partial charge in [-0.05, 0) is 13.0 Å². The molecule has 0 aliphatic heterocycles. The Bertz CT molecular complexity index is 340. The van der Waals surface area contributed by atoms with E-state index in [1.807, 2.05) is 0 Å². The molecule has 0 aliphatic carbocycles. The van der Waals surface area contributed by atoms with Crippen molar-refractivity contribution in [1.82, 2.24) is 4.98 Å². The van der Waals surface area contributed by atoms with Crippen LogP contribution in [0.3, 0.4) is 0 Å². The topological polar surface area (TPSA) is 68.7 Å². The normalized spacial score (nSPS) is 12.1. The first kappa shape index (κ1) is 11.5. The summed E-state index contributed by atoms with van der Waals surface area (Å²) in [6.07, 6.45) is -0.835. The highest BCUT2D eigenvalue weighted by molar-refractivity contribution is 5.71. The van der Waals surface area contributed by atoms with Gasteiger partial charge in [-0.1, -0.05) is 6.07 Å². The molecule has 1 heterocycles. The molecule has 0 amide bonds. The molecule has 0 aromatic carbocycles. The number of nitrogens with zero attached hydrogens (tertiary/aromatic N) is 1. The number of rotatable bonds is 5. The van der Waals surface area contributed by atoms with Crippen LogP contribution in [-0.4, -0.2) is 29.3 Å². The zero-order valence-electron chi connectivity index (χ0n) is 8.64. The number of carbonyl (C=O) groups is 1. The molecule has 0 aliphatic rings. The van der Waals surface area contributed by atoms with Crippen LogP contribution >= 0.6 is 0 Å². The molecule has 0 fully saturated rings. The molecule has 1 N–H and O–H groups in total. The minimum Gasteiger partial charge on any atom is -0.481 e. The Balaban J connectivity index is 2.53. The Morgan fingerprint density at radius 3 is 2.93 bits per heavy atom. The second kappa shape index (κ2) is 5.31. The van der Waals surface area contributed by atoms with E-state index in [0.29, 0.717) is 11.6 Å². The van der Waals surface area contributed by atoms with Gasteiger partial charge in [0, 0.05) is 6.07 Å². The van der Waals surface area contributed by atoms with Gasteiger partial charge in [0.05, 0.1) is 19.4 Å². The Hall–Kier alpha value is -1.62. The molecule has 1 rings (SSSR count). The zero-order chi connectivity index (χ0) is 11.3. The molecule has 1 atom stereocenters. The number of hydrogen-bond donors (Lipinski definition) is 1. The van der Waals surface area contributed by atoms with Crippen molar-refractivity contribution in [2.75, 3.05) is 7.11 Å². The van der Waals surface area contributed by atoms with E-state index in [4.69, 9.17) is 14.6 Å². The first-order valence-corrected chi connectivity index (χ1v) is 4.48. The predicted octanol–water partition coefficient (Wildman–Crippen LogP) is 1.08. The molecule has 0 bridgehead atoms. The van der Waals surface area contributed by atoms with Crippen LogP contribution in [0.5, 0.6) is 5.88 Å². The van der Waals surface area contributed by atoms with Crippen molar-refractivity contribution in [3.63, 3.8) is 0 Å². The molecular formula is C10H13NO4. The fourth-order valence-electron chi connectivity index (χ4n) is 0.933. The lowest BCUT2D eigenvalue weighted by atomic mass is 10.3. The summed E-state index contributed by atoms with van der Waals surface area (Å²) in [4.78, 5) is 14.6. The van der Waals surface area contributed by atoms with E-state index < -0.39 is 12.1 Å². The molecule has 0 saturated heterocycles. The Kier molecular flexibility index (Phi) is 4.05. The van der Waals surface area contributed by atoms with E-state index in [1.54, 1.807) is 18.2 Å². The summed E-state index contributed by atoms with van der Waals surface area (Å²) in [7, 11) is 1.52. The van der Waals surface area contributed by atoms with Crippen molar-refractivity contribution >= 4 is 5.97 Å². The van der Waals surface area contributed by atoms with Crippen LogP contribution in [0.2, 0.25) is 0 Å². The van der Waals surface area contributed by atoms with E-state index in [1.165, 1.54) is 14.0 Å². The highest BCUT2D eigenvalue weighted by Crippen LogP contribution is 2.08. The quantitative estimate of drug-likeness (QED) is 0.789. The molecule has 15 heavy (non-hydrogen) atoms. The van der Waals surface area contributed by atoms with Gasteiger partial charge >= 0.3 is 5.97 Å². The molecular weight excluding hydrogens is 198 g/mol. The lowest BCUT2D eigenvalue weighted by Crippen LogP contribution is -2.19. The maximum absolute atomic E-state index is 10.5. The maximum atomic E-state index is 10.5. The third kappa shape index (κ3) is 3.55. The van der Waals surface area contributed by atoms with Crippen LogP contribution in [0.4, 0.5) is 0 Å².